The maximum atomic E-state index is 9.08. The highest BCUT2D eigenvalue weighted by Crippen LogP contribution is 2.38. The minimum absolute atomic E-state index is 0.181. The summed E-state index contributed by atoms with van der Waals surface area (Å²) in [5.74, 6) is 2.71. The molecule has 2 aromatic rings. The number of aromatic nitrogens is 2. The summed E-state index contributed by atoms with van der Waals surface area (Å²) < 4.78 is 5.77. The summed E-state index contributed by atoms with van der Waals surface area (Å²) in [7, 11) is 0. The molecule has 1 heterocycles. The number of hydrogen-bond donors (Lipinski definition) is 3. The van der Waals surface area contributed by atoms with Gasteiger partial charge in [-0.25, -0.2) is 4.98 Å². The van der Waals surface area contributed by atoms with E-state index >= 15 is 0 Å². The van der Waals surface area contributed by atoms with Gasteiger partial charge in [-0.2, -0.15) is 4.98 Å². The fourth-order valence-corrected chi connectivity index (χ4v) is 2.35. The Kier molecular flexibility index (Phi) is 4.31. The maximum Gasteiger partial charge on any atom is 0.222 e. The van der Waals surface area contributed by atoms with Gasteiger partial charge < -0.3 is 20.9 Å². The topological polar surface area (TPSA) is 93.3 Å². The van der Waals surface area contributed by atoms with Crippen molar-refractivity contribution >= 4 is 23.4 Å². The summed E-state index contributed by atoms with van der Waals surface area (Å²) in [6.07, 6.45) is 2.56. The lowest BCUT2D eigenvalue weighted by molar-refractivity contribution is 0.270. The summed E-state index contributed by atoms with van der Waals surface area (Å²) >= 11 is 5.86. The quantitative estimate of drug-likeness (QED) is 0.757. The van der Waals surface area contributed by atoms with Crippen LogP contribution < -0.4 is 15.8 Å². The van der Waals surface area contributed by atoms with Crippen molar-refractivity contribution in [1.82, 2.24) is 9.97 Å². The van der Waals surface area contributed by atoms with Crippen molar-refractivity contribution in [2.45, 2.75) is 6.42 Å². The van der Waals surface area contributed by atoms with Crippen LogP contribution in [0.2, 0.25) is 5.02 Å². The van der Waals surface area contributed by atoms with E-state index in [9.17, 15) is 0 Å². The van der Waals surface area contributed by atoms with Crippen LogP contribution >= 0.6 is 11.6 Å². The monoisotopic (exact) mass is 320 g/mol. The molecule has 2 atom stereocenters. The molecule has 0 spiro atoms. The average Bonchev–Trinajstić information content (AvgIpc) is 3.28. The van der Waals surface area contributed by atoms with Crippen LogP contribution in [0.1, 0.15) is 6.42 Å². The average molecular weight is 321 g/mol. The van der Waals surface area contributed by atoms with Crippen molar-refractivity contribution in [3.05, 3.63) is 35.5 Å². The predicted octanol–water partition coefficient (Wildman–Crippen LogP) is 2.54. The van der Waals surface area contributed by atoms with E-state index in [1.54, 1.807) is 24.3 Å². The molecule has 22 heavy (non-hydrogen) atoms. The second-order valence-corrected chi connectivity index (χ2v) is 5.75. The highest BCUT2D eigenvalue weighted by Gasteiger charge is 2.36. The number of benzene rings is 1. The standard InChI is InChI=1S/C15H17ClN4O2/c16-11-1-3-12(4-2-11)22-13-7-19-15(17)20-14(13)18-6-9-5-10(9)8-21/h1-4,7,9-10,21H,5-6,8H2,(H3,17,18,19,20)/t9-,10+/m0/s1. The second-order valence-electron chi connectivity index (χ2n) is 5.32. The predicted molar refractivity (Wildman–Crippen MR) is 85.1 cm³/mol. The first-order chi connectivity index (χ1) is 10.7. The SMILES string of the molecule is Nc1ncc(Oc2ccc(Cl)cc2)c(NC[C@@H]2C[C@@H]2CO)n1. The van der Waals surface area contributed by atoms with Gasteiger partial charge in [0.1, 0.15) is 5.75 Å². The van der Waals surface area contributed by atoms with Crippen molar-refractivity contribution in [2.75, 3.05) is 24.2 Å². The number of ether oxygens (including phenoxy) is 1. The van der Waals surface area contributed by atoms with Crippen LogP contribution in [0, 0.1) is 11.8 Å². The van der Waals surface area contributed by atoms with E-state index in [0.717, 1.165) is 13.0 Å². The zero-order valence-corrected chi connectivity index (χ0v) is 12.6. The lowest BCUT2D eigenvalue weighted by Gasteiger charge is -2.12. The number of nitrogens with one attached hydrogen (secondary N) is 1. The highest BCUT2D eigenvalue weighted by atomic mass is 35.5. The summed E-state index contributed by atoms with van der Waals surface area (Å²) in [6, 6.07) is 7.03. The first kappa shape index (κ1) is 14.9. The van der Waals surface area contributed by atoms with Crippen molar-refractivity contribution in [3.63, 3.8) is 0 Å². The number of aliphatic hydroxyl groups is 1. The van der Waals surface area contributed by atoms with Gasteiger partial charge in [-0.15, -0.1) is 0 Å². The number of nitrogens with zero attached hydrogens (tertiary/aromatic N) is 2. The van der Waals surface area contributed by atoms with Crippen LogP contribution in [0.5, 0.6) is 11.5 Å². The van der Waals surface area contributed by atoms with Gasteiger partial charge in [0, 0.05) is 18.2 Å². The number of nitrogens with two attached hydrogens (primary N) is 1. The van der Waals surface area contributed by atoms with Crippen LogP contribution in [0.4, 0.5) is 11.8 Å². The third kappa shape index (κ3) is 3.58. The number of halogens is 1. The first-order valence-electron chi connectivity index (χ1n) is 7.06. The van der Waals surface area contributed by atoms with E-state index < -0.39 is 0 Å². The van der Waals surface area contributed by atoms with Gasteiger partial charge in [-0.3, -0.25) is 0 Å². The summed E-state index contributed by atoms with van der Waals surface area (Å²) in [5.41, 5.74) is 5.64. The number of hydrogen-bond acceptors (Lipinski definition) is 6. The van der Waals surface area contributed by atoms with Gasteiger partial charge in [0.25, 0.3) is 0 Å². The van der Waals surface area contributed by atoms with E-state index in [4.69, 9.17) is 27.2 Å². The van der Waals surface area contributed by atoms with E-state index in [1.807, 2.05) is 0 Å². The molecule has 1 aromatic carbocycles. The molecule has 0 saturated heterocycles. The summed E-state index contributed by atoms with van der Waals surface area (Å²) in [5, 5.41) is 12.9. The molecule has 1 aliphatic rings. The molecule has 6 nitrogen and oxygen atoms in total. The molecule has 7 heteroatoms. The Balaban J connectivity index is 1.71. The van der Waals surface area contributed by atoms with Crippen molar-refractivity contribution in [2.24, 2.45) is 11.8 Å². The third-order valence-electron chi connectivity index (χ3n) is 3.65. The van der Waals surface area contributed by atoms with Crippen molar-refractivity contribution in [3.8, 4) is 11.5 Å². The molecule has 1 fully saturated rings. The minimum atomic E-state index is 0.181. The molecular formula is C15H17ClN4O2. The molecule has 4 N–H and O–H groups in total. The van der Waals surface area contributed by atoms with Crippen LogP contribution in [0.25, 0.3) is 0 Å². The van der Waals surface area contributed by atoms with Crippen molar-refractivity contribution < 1.29 is 9.84 Å². The Morgan fingerprint density at radius 1 is 1.32 bits per heavy atom. The van der Waals surface area contributed by atoms with E-state index in [2.05, 4.69) is 15.3 Å². The smallest absolute Gasteiger partial charge is 0.222 e. The highest BCUT2D eigenvalue weighted by molar-refractivity contribution is 6.30. The molecule has 1 aliphatic carbocycles. The summed E-state index contributed by atoms with van der Waals surface area (Å²) in [6.45, 7) is 0.949. The first-order valence-corrected chi connectivity index (χ1v) is 7.44. The van der Waals surface area contributed by atoms with E-state index in [0.29, 0.717) is 34.2 Å². The molecule has 0 unspecified atom stereocenters. The van der Waals surface area contributed by atoms with Gasteiger partial charge in [0.15, 0.2) is 11.6 Å². The Morgan fingerprint density at radius 2 is 2.09 bits per heavy atom. The fraction of sp³-hybridized carbons (Fsp3) is 0.333. The number of rotatable bonds is 6. The Labute approximate surface area is 133 Å². The van der Waals surface area contributed by atoms with Crippen LogP contribution in [-0.4, -0.2) is 28.2 Å². The minimum Gasteiger partial charge on any atom is -0.452 e. The molecule has 116 valence electrons. The van der Waals surface area contributed by atoms with Gasteiger partial charge in [-0.05, 0) is 42.5 Å². The third-order valence-corrected chi connectivity index (χ3v) is 3.90. The van der Waals surface area contributed by atoms with Gasteiger partial charge >= 0.3 is 0 Å². The molecule has 0 radical (unpaired) electrons. The normalized spacial score (nSPS) is 19.7. The second kappa shape index (κ2) is 6.37. The Morgan fingerprint density at radius 3 is 2.77 bits per heavy atom. The van der Waals surface area contributed by atoms with Crippen LogP contribution in [0.3, 0.4) is 0 Å². The summed E-state index contributed by atoms with van der Waals surface area (Å²) in [4.78, 5) is 8.14. The lowest BCUT2D eigenvalue weighted by Crippen LogP contribution is -2.10. The van der Waals surface area contributed by atoms with E-state index in [-0.39, 0.29) is 12.6 Å². The number of anilines is 2. The lowest BCUT2D eigenvalue weighted by atomic mass is 10.3. The fourth-order valence-electron chi connectivity index (χ4n) is 2.23. The molecule has 0 bridgehead atoms. The Hall–Kier alpha value is -2.05. The Bertz CT molecular complexity index is 650. The molecule has 1 saturated carbocycles. The van der Waals surface area contributed by atoms with Gasteiger partial charge in [0.2, 0.25) is 5.95 Å². The van der Waals surface area contributed by atoms with Crippen LogP contribution in [-0.2, 0) is 0 Å². The van der Waals surface area contributed by atoms with Crippen LogP contribution in [0.15, 0.2) is 30.5 Å². The van der Waals surface area contributed by atoms with Gasteiger partial charge in [0.05, 0.1) is 6.20 Å². The van der Waals surface area contributed by atoms with E-state index in [1.165, 1.54) is 6.20 Å². The maximum absolute atomic E-state index is 9.08. The molecule has 1 aromatic heterocycles. The molecule has 3 rings (SSSR count). The van der Waals surface area contributed by atoms with Crippen molar-refractivity contribution in [1.29, 1.82) is 0 Å². The number of nitrogen functional groups attached to an aromatic ring is 1. The molecule has 0 aliphatic heterocycles. The number of aliphatic hydroxyl groups excluding tert-OH is 1. The molecule has 0 amide bonds. The van der Waals surface area contributed by atoms with Gasteiger partial charge in [-0.1, -0.05) is 11.6 Å². The zero-order valence-electron chi connectivity index (χ0n) is 11.9. The molecular weight excluding hydrogens is 304 g/mol. The largest absolute Gasteiger partial charge is 0.452 e. The zero-order chi connectivity index (χ0) is 15.5.